The second-order valence-corrected chi connectivity index (χ2v) is 5.21. The number of carbonyl (C=O) groups is 2. The van der Waals surface area contributed by atoms with E-state index >= 15 is 0 Å². The number of hydrogen-bond acceptors (Lipinski definition) is 3. The van der Waals surface area contributed by atoms with Gasteiger partial charge in [-0.15, -0.1) is 0 Å². The molecule has 4 atom stereocenters. The zero-order valence-corrected chi connectivity index (χ0v) is 9.67. The van der Waals surface area contributed by atoms with Gasteiger partial charge in [-0.3, -0.25) is 9.59 Å². The molecule has 2 bridgehead atoms. The van der Waals surface area contributed by atoms with Gasteiger partial charge >= 0.3 is 5.97 Å². The fourth-order valence-corrected chi connectivity index (χ4v) is 3.45. The fourth-order valence-electron chi connectivity index (χ4n) is 3.45. The second-order valence-electron chi connectivity index (χ2n) is 5.21. The number of ether oxygens (including phenoxy) is 1. The molecule has 5 nitrogen and oxygen atoms in total. The van der Waals surface area contributed by atoms with Gasteiger partial charge in [0.05, 0.1) is 24.0 Å². The molecule has 3 aliphatic heterocycles. The summed E-state index contributed by atoms with van der Waals surface area (Å²) in [5, 5.41) is 9.25. The van der Waals surface area contributed by atoms with E-state index in [0.717, 1.165) is 38.8 Å². The van der Waals surface area contributed by atoms with Gasteiger partial charge in [0.2, 0.25) is 5.91 Å². The van der Waals surface area contributed by atoms with Crippen LogP contribution in [-0.2, 0) is 14.3 Å². The van der Waals surface area contributed by atoms with Crippen molar-refractivity contribution in [2.75, 3.05) is 13.1 Å². The van der Waals surface area contributed by atoms with Crippen molar-refractivity contribution in [1.82, 2.24) is 4.90 Å². The summed E-state index contributed by atoms with van der Waals surface area (Å²) in [5.74, 6) is -1.94. The third-order valence-corrected chi connectivity index (χ3v) is 4.26. The van der Waals surface area contributed by atoms with Crippen LogP contribution in [-0.4, -0.2) is 47.2 Å². The normalized spacial score (nSPS) is 39.9. The Hall–Kier alpha value is -1.10. The van der Waals surface area contributed by atoms with Crippen LogP contribution in [0.4, 0.5) is 0 Å². The molecule has 0 unspecified atom stereocenters. The molecule has 94 valence electrons. The average Bonchev–Trinajstić information content (AvgIpc) is 3.02. The van der Waals surface area contributed by atoms with Crippen molar-refractivity contribution < 1.29 is 19.4 Å². The Morgan fingerprint density at radius 3 is 2.24 bits per heavy atom. The second kappa shape index (κ2) is 3.98. The van der Waals surface area contributed by atoms with E-state index in [1.807, 2.05) is 4.90 Å². The molecule has 0 aliphatic carbocycles. The number of likely N-dealkylation sites (tertiary alicyclic amines) is 1. The first kappa shape index (κ1) is 11.0. The van der Waals surface area contributed by atoms with Crippen LogP contribution in [0.15, 0.2) is 0 Å². The predicted octanol–water partition coefficient (Wildman–Crippen LogP) is 0.487. The topological polar surface area (TPSA) is 66.8 Å². The van der Waals surface area contributed by atoms with E-state index < -0.39 is 17.8 Å². The number of carboxylic acids is 1. The zero-order valence-electron chi connectivity index (χ0n) is 9.67. The molecule has 0 aromatic carbocycles. The highest BCUT2D eigenvalue weighted by Crippen LogP contribution is 2.44. The van der Waals surface area contributed by atoms with Crippen LogP contribution >= 0.6 is 0 Å². The lowest BCUT2D eigenvalue weighted by atomic mass is 9.78. The van der Waals surface area contributed by atoms with Crippen LogP contribution in [0.25, 0.3) is 0 Å². The van der Waals surface area contributed by atoms with Crippen molar-refractivity contribution in [3.8, 4) is 0 Å². The Kier molecular flexibility index (Phi) is 2.58. The summed E-state index contributed by atoms with van der Waals surface area (Å²) < 4.78 is 5.61. The highest BCUT2D eigenvalue weighted by molar-refractivity contribution is 5.86. The number of aliphatic carboxylic acids is 1. The van der Waals surface area contributed by atoms with Crippen molar-refractivity contribution >= 4 is 11.9 Å². The Balaban J connectivity index is 1.80. The average molecular weight is 239 g/mol. The van der Waals surface area contributed by atoms with E-state index in [9.17, 15) is 14.7 Å². The van der Waals surface area contributed by atoms with Crippen molar-refractivity contribution in [3.05, 3.63) is 0 Å². The number of rotatable bonds is 2. The van der Waals surface area contributed by atoms with Gasteiger partial charge in [-0.1, -0.05) is 0 Å². The Morgan fingerprint density at radius 2 is 1.65 bits per heavy atom. The zero-order chi connectivity index (χ0) is 12.0. The minimum atomic E-state index is -0.880. The first-order valence-corrected chi connectivity index (χ1v) is 6.35. The molecule has 3 rings (SSSR count). The molecular weight excluding hydrogens is 222 g/mol. The molecule has 3 fully saturated rings. The lowest BCUT2D eigenvalue weighted by Gasteiger charge is -2.27. The Bertz CT molecular complexity index is 350. The molecule has 0 radical (unpaired) electrons. The predicted molar refractivity (Wildman–Crippen MR) is 58.3 cm³/mol. The van der Waals surface area contributed by atoms with Gasteiger partial charge < -0.3 is 14.7 Å². The SMILES string of the molecule is O=C(O)[C@@H]1[C@H](C(=O)N2CCCC2)[C@H]2CC[C@H]1O2. The van der Waals surface area contributed by atoms with Crippen molar-refractivity contribution in [3.63, 3.8) is 0 Å². The maximum absolute atomic E-state index is 12.3. The number of amides is 1. The Morgan fingerprint density at radius 1 is 1.06 bits per heavy atom. The van der Waals surface area contributed by atoms with E-state index in [2.05, 4.69) is 0 Å². The quantitative estimate of drug-likeness (QED) is 0.761. The minimum Gasteiger partial charge on any atom is -0.481 e. The third-order valence-electron chi connectivity index (χ3n) is 4.26. The van der Waals surface area contributed by atoms with Crippen LogP contribution in [0, 0.1) is 11.8 Å². The molecule has 3 heterocycles. The number of hydrogen-bond donors (Lipinski definition) is 1. The van der Waals surface area contributed by atoms with Crippen LogP contribution in [0.2, 0.25) is 0 Å². The van der Waals surface area contributed by atoms with E-state index in [1.54, 1.807) is 0 Å². The van der Waals surface area contributed by atoms with Gasteiger partial charge in [0.15, 0.2) is 0 Å². The van der Waals surface area contributed by atoms with Gasteiger partial charge in [-0.25, -0.2) is 0 Å². The fraction of sp³-hybridized carbons (Fsp3) is 0.833. The highest BCUT2D eigenvalue weighted by atomic mass is 16.5. The van der Waals surface area contributed by atoms with Crippen molar-refractivity contribution in [2.24, 2.45) is 11.8 Å². The van der Waals surface area contributed by atoms with Crippen LogP contribution in [0.3, 0.4) is 0 Å². The van der Waals surface area contributed by atoms with E-state index in [0.29, 0.717) is 0 Å². The summed E-state index contributed by atoms with van der Waals surface area (Å²) in [6, 6.07) is 0. The minimum absolute atomic E-state index is 0.00194. The summed E-state index contributed by atoms with van der Waals surface area (Å²) >= 11 is 0. The van der Waals surface area contributed by atoms with Crippen molar-refractivity contribution in [1.29, 1.82) is 0 Å². The largest absolute Gasteiger partial charge is 0.481 e. The first-order chi connectivity index (χ1) is 8.18. The number of nitrogens with zero attached hydrogens (tertiary/aromatic N) is 1. The summed E-state index contributed by atoms with van der Waals surface area (Å²) in [6.45, 7) is 1.55. The van der Waals surface area contributed by atoms with Crippen molar-refractivity contribution in [2.45, 2.75) is 37.9 Å². The van der Waals surface area contributed by atoms with Gasteiger partial charge in [0.25, 0.3) is 0 Å². The summed E-state index contributed by atoms with van der Waals surface area (Å²) in [7, 11) is 0. The van der Waals surface area contributed by atoms with Gasteiger partial charge in [-0.2, -0.15) is 0 Å². The molecular formula is C12H17NO4. The van der Waals surface area contributed by atoms with Crippen LogP contribution in [0.5, 0.6) is 0 Å². The molecule has 1 N–H and O–H groups in total. The number of fused-ring (bicyclic) bond motifs is 2. The van der Waals surface area contributed by atoms with E-state index in [4.69, 9.17) is 4.74 Å². The summed E-state index contributed by atoms with van der Waals surface area (Å²) in [5.41, 5.74) is 0. The number of carboxylic acid groups (broad SMARTS) is 1. The molecule has 0 spiro atoms. The lowest BCUT2D eigenvalue weighted by molar-refractivity contribution is -0.150. The number of carbonyl (C=O) groups excluding carboxylic acids is 1. The van der Waals surface area contributed by atoms with Crippen LogP contribution in [0.1, 0.15) is 25.7 Å². The highest BCUT2D eigenvalue weighted by Gasteiger charge is 2.56. The summed E-state index contributed by atoms with van der Waals surface area (Å²) in [6.07, 6.45) is 3.28. The Labute approximate surface area is 99.7 Å². The smallest absolute Gasteiger partial charge is 0.310 e. The van der Waals surface area contributed by atoms with Gasteiger partial charge in [0.1, 0.15) is 0 Å². The summed E-state index contributed by atoms with van der Waals surface area (Å²) in [4.78, 5) is 25.4. The lowest BCUT2D eigenvalue weighted by Crippen LogP contribution is -2.44. The molecule has 0 aromatic heterocycles. The molecule has 3 saturated heterocycles. The molecule has 3 aliphatic rings. The first-order valence-electron chi connectivity index (χ1n) is 6.35. The monoisotopic (exact) mass is 239 g/mol. The van der Waals surface area contributed by atoms with Gasteiger partial charge in [0, 0.05) is 13.1 Å². The van der Waals surface area contributed by atoms with Gasteiger partial charge in [-0.05, 0) is 25.7 Å². The molecule has 0 aromatic rings. The van der Waals surface area contributed by atoms with Crippen LogP contribution < -0.4 is 0 Å². The maximum Gasteiger partial charge on any atom is 0.310 e. The molecule has 1 amide bonds. The maximum atomic E-state index is 12.3. The van der Waals surface area contributed by atoms with E-state index in [1.165, 1.54) is 0 Å². The standard InChI is InChI=1S/C12H17NO4/c14-11(13-5-1-2-6-13)9-7-3-4-8(17-7)10(9)12(15)16/h7-10H,1-6H2,(H,15,16)/t7-,8-,9-,10+/m1/s1. The van der Waals surface area contributed by atoms with E-state index in [-0.39, 0.29) is 18.1 Å². The molecule has 17 heavy (non-hydrogen) atoms. The molecule has 0 saturated carbocycles. The molecule has 5 heteroatoms. The third kappa shape index (κ3) is 1.64.